The fourth-order valence-electron chi connectivity index (χ4n) is 10.6. The number of amides is 4. The number of rotatable bonds is 27. The quantitative estimate of drug-likeness (QED) is 0.0328. The molecule has 14 nitrogen and oxygen atoms in total. The van der Waals surface area contributed by atoms with Gasteiger partial charge in [0.15, 0.2) is 0 Å². The van der Waals surface area contributed by atoms with E-state index in [0.29, 0.717) is 43.6 Å². The van der Waals surface area contributed by atoms with Gasteiger partial charge in [-0.3, -0.25) is 19.8 Å². The molecule has 0 spiro atoms. The van der Waals surface area contributed by atoms with Crippen LogP contribution in [0.25, 0.3) is 0 Å². The number of ether oxygens (including phenoxy) is 2. The standard InChI is InChI=1S/C62H72F6N8O6/c1-41-53(57(77)81-35-33-71(3)4)55(45-27-23-43(24-28-45)51-39-69-51)73(59(79)75(41)49-21-17-19-47(37-49)61(63,64)65)31-15-13-11-9-7-8-10-12-14-16-32-74-56(46-29-25-44(26-30-46)52-40-70-52)54(58(78)82-36-34-72(5)6)42(2)76(60(74)80)50-22-18-20-48(38-50)62(66,67)68/h17-30,37-39,51,55-56H,7-16,31-36,40H2,1-6H3/t51?,55-,56-/m1/s1. The highest BCUT2D eigenvalue weighted by Crippen LogP contribution is 2.44. The van der Waals surface area contributed by atoms with Crippen LogP contribution in [0.2, 0.25) is 0 Å². The van der Waals surface area contributed by atoms with Gasteiger partial charge in [0.25, 0.3) is 0 Å². The van der Waals surface area contributed by atoms with E-state index in [2.05, 4.69) is 9.98 Å². The number of nitrogens with zero attached hydrogens (tertiary/aromatic N) is 8. The third-order valence-corrected chi connectivity index (χ3v) is 15.2. The summed E-state index contributed by atoms with van der Waals surface area (Å²) in [5, 5.41) is 0. The molecule has 8 rings (SSSR count). The summed E-state index contributed by atoms with van der Waals surface area (Å²) < 4.78 is 95.9. The van der Waals surface area contributed by atoms with Crippen LogP contribution in [0, 0.1) is 0 Å². The molecule has 0 aliphatic carbocycles. The number of hydrogen-bond acceptors (Lipinski definition) is 10. The van der Waals surface area contributed by atoms with Gasteiger partial charge in [0.1, 0.15) is 19.3 Å². The zero-order valence-corrected chi connectivity index (χ0v) is 47.4. The minimum atomic E-state index is -4.67. The van der Waals surface area contributed by atoms with Crippen molar-refractivity contribution >= 4 is 47.3 Å². The third kappa shape index (κ3) is 15.0. The topological polar surface area (TPSA) is 131 Å². The number of likely N-dealkylation sites (N-methyl/N-ethyl adjacent to an activating group) is 2. The van der Waals surface area contributed by atoms with Crippen molar-refractivity contribution in [2.24, 2.45) is 9.98 Å². The number of carbonyl (C=O) groups excluding carboxylic acids is 4. The average Bonchev–Trinajstić information content (AvgIpc) is 2.22. The number of allylic oxidation sites excluding steroid dienone is 2. The zero-order valence-electron chi connectivity index (χ0n) is 47.4. The van der Waals surface area contributed by atoms with E-state index < -0.39 is 59.6 Å². The van der Waals surface area contributed by atoms with Crippen LogP contribution in [-0.4, -0.2) is 130 Å². The Morgan fingerprint density at radius 2 is 0.927 bits per heavy atom. The minimum Gasteiger partial charge on any atom is -0.461 e. The molecule has 0 saturated carbocycles. The fraction of sp³-hybridized carbons (Fsp3) is 0.452. The number of alkyl halides is 6. The van der Waals surface area contributed by atoms with Crippen LogP contribution in [0.3, 0.4) is 0 Å². The third-order valence-electron chi connectivity index (χ3n) is 15.2. The molecule has 82 heavy (non-hydrogen) atoms. The summed E-state index contributed by atoms with van der Waals surface area (Å²) in [6.45, 7) is 5.17. The lowest BCUT2D eigenvalue weighted by Crippen LogP contribution is -2.51. The summed E-state index contributed by atoms with van der Waals surface area (Å²) in [7, 11) is 7.36. The van der Waals surface area contributed by atoms with Gasteiger partial charge in [-0.05, 0) is 114 Å². The Bertz CT molecular complexity index is 3060. The van der Waals surface area contributed by atoms with Gasteiger partial charge in [-0.1, -0.05) is 112 Å². The molecule has 3 atom stereocenters. The highest BCUT2D eigenvalue weighted by Gasteiger charge is 2.45. The molecule has 20 heteroatoms. The van der Waals surface area contributed by atoms with Crippen molar-refractivity contribution in [3.05, 3.63) is 153 Å². The molecule has 0 saturated heterocycles. The number of anilines is 2. The number of esters is 2. The molecule has 0 aromatic heterocycles. The molecule has 4 aliphatic heterocycles. The van der Waals surface area contributed by atoms with Crippen LogP contribution >= 0.6 is 0 Å². The van der Waals surface area contributed by atoms with Crippen molar-refractivity contribution in [2.45, 2.75) is 109 Å². The first kappa shape index (κ1) is 60.8. The summed E-state index contributed by atoms with van der Waals surface area (Å²) in [6.07, 6.45) is 0.420. The molecule has 0 N–H and O–H groups in total. The van der Waals surface area contributed by atoms with Crippen molar-refractivity contribution in [1.29, 1.82) is 0 Å². The predicted octanol–water partition coefficient (Wildman–Crippen LogP) is 13.0. The van der Waals surface area contributed by atoms with E-state index in [9.17, 15) is 45.5 Å². The molecule has 0 bridgehead atoms. The summed E-state index contributed by atoms with van der Waals surface area (Å²) in [5.41, 5.74) is 2.91. The van der Waals surface area contributed by atoms with Crippen LogP contribution < -0.4 is 9.80 Å². The van der Waals surface area contributed by atoms with Crippen molar-refractivity contribution < 1.29 is 55.0 Å². The van der Waals surface area contributed by atoms with Crippen LogP contribution in [0.1, 0.15) is 130 Å². The van der Waals surface area contributed by atoms with E-state index in [4.69, 9.17) is 9.47 Å². The first-order valence-electron chi connectivity index (χ1n) is 28.0. The van der Waals surface area contributed by atoms with Crippen LogP contribution in [0.15, 0.2) is 130 Å². The van der Waals surface area contributed by atoms with Gasteiger partial charge in [-0.25, -0.2) is 19.2 Å². The van der Waals surface area contributed by atoms with Crippen molar-refractivity contribution in [3.8, 4) is 0 Å². The van der Waals surface area contributed by atoms with Gasteiger partial charge in [0.2, 0.25) is 0 Å². The van der Waals surface area contributed by atoms with E-state index in [1.165, 1.54) is 34.1 Å². The van der Waals surface area contributed by atoms with E-state index in [1.807, 2.05) is 92.7 Å². The monoisotopic (exact) mass is 1140 g/mol. The van der Waals surface area contributed by atoms with E-state index in [0.717, 1.165) is 92.5 Å². The van der Waals surface area contributed by atoms with E-state index in [-0.39, 0.29) is 66.3 Å². The number of halogens is 6. The van der Waals surface area contributed by atoms with Gasteiger partial charge in [0, 0.05) is 43.8 Å². The van der Waals surface area contributed by atoms with Crippen LogP contribution in [0.5, 0.6) is 0 Å². The number of unbranched alkanes of at least 4 members (excludes halogenated alkanes) is 9. The first-order valence-corrected chi connectivity index (χ1v) is 28.0. The van der Waals surface area contributed by atoms with E-state index >= 15 is 0 Å². The molecular formula is C62H72F6N8O6. The van der Waals surface area contributed by atoms with Gasteiger partial charge in [-0.2, -0.15) is 26.3 Å². The second-order valence-corrected chi connectivity index (χ2v) is 21.7. The largest absolute Gasteiger partial charge is 0.461 e. The van der Waals surface area contributed by atoms with Crippen LogP contribution in [-0.2, 0) is 31.4 Å². The Hall–Kier alpha value is -7.32. The summed E-state index contributed by atoms with van der Waals surface area (Å²) >= 11 is 0. The number of urea groups is 2. The summed E-state index contributed by atoms with van der Waals surface area (Å²) in [5.74, 6) is -1.34. The summed E-state index contributed by atoms with van der Waals surface area (Å²) in [6, 6.07) is 21.2. The Morgan fingerprint density at radius 1 is 0.561 bits per heavy atom. The fourth-order valence-corrected chi connectivity index (χ4v) is 10.6. The Morgan fingerprint density at radius 3 is 1.28 bits per heavy atom. The maximum atomic E-state index is 14.8. The number of benzene rings is 4. The van der Waals surface area contributed by atoms with Crippen molar-refractivity contribution in [2.75, 3.05) is 83.9 Å². The second-order valence-electron chi connectivity index (χ2n) is 21.7. The zero-order chi connectivity index (χ0) is 58.9. The van der Waals surface area contributed by atoms with Crippen LogP contribution in [0.4, 0.5) is 47.3 Å². The molecule has 4 aliphatic rings. The molecular weight excluding hydrogens is 1070 g/mol. The lowest BCUT2D eigenvalue weighted by Gasteiger charge is -2.43. The average molecular weight is 1140 g/mol. The number of hydrogen-bond donors (Lipinski definition) is 0. The molecule has 4 aromatic rings. The Labute approximate surface area is 475 Å². The molecule has 1 unspecified atom stereocenters. The summed E-state index contributed by atoms with van der Waals surface area (Å²) in [4.78, 5) is 75.7. The predicted molar refractivity (Wildman–Crippen MR) is 304 cm³/mol. The SMILES string of the molecule is CC1=C(C(=O)OCCN(C)C)[C@@H](c2ccc(C3=NC3)cc2)N(CCCCCCCCCCCCN2C(=O)N(c3cccc(C(F)(F)F)c3)C(C)=C(C(=O)OCCN(C)C)[C@H]2c2ccc(C3C=N3)cc2)C(=O)N1c1cccc(C(F)(F)F)c1. The molecule has 4 amide bonds. The minimum absolute atomic E-state index is 0.0218. The molecule has 438 valence electrons. The Kier molecular flexibility index (Phi) is 19.8. The lowest BCUT2D eigenvalue weighted by atomic mass is 9.91. The maximum absolute atomic E-state index is 14.8. The Balaban J connectivity index is 0.906. The normalized spacial score (nSPS) is 18.3. The first-order chi connectivity index (χ1) is 39.1. The van der Waals surface area contributed by atoms with Crippen molar-refractivity contribution in [1.82, 2.24) is 19.6 Å². The number of carbonyl (C=O) groups is 4. The molecule has 4 aromatic carbocycles. The van der Waals surface area contributed by atoms with Gasteiger partial charge < -0.3 is 29.1 Å². The molecule has 0 radical (unpaired) electrons. The smallest absolute Gasteiger partial charge is 0.416 e. The van der Waals surface area contributed by atoms with Crippen molar-refractivity contribution in [3.63, 3.8) is 0 Å². The van der Waals surface area contributed by atoms with Gasteiger partial charge in [0.05, 0.1) is 58.0 Å². The lowest BCUT2D eigenvalue weighted by molar-refractivity contribution is -0.141. The van der Waals surface area contributed by atoms with Gasteiger partial charge in [-0.15, -0.1) is 0 Å². The second kappa shape index (κ2) is 26.7. The number of aliphatic imine (C=N–C) groups is 2. The van der Waals surface area contributed by atoms with Gasteiger partial charge >= 0.3 is 36.4 Å². The molecule has 4 heterocycles. The molecule has 0 fully saturated rings. The highest BCUT2D eigenvalue weighted by molar-refractivity contribution is 6.10. The highest BCUT2D eigenvalue weighted by atomic mass is 19.4. The maximum Gasteiger partial charge on any atom is 0.416 e. The van der Waals surface area contributed by atoms with E-state index in [1.54, 1.807) is 23.6 Å².